The van der Waals surface area contributed by atoms with Crippen LogP contribution in [0.5, 0.6) is 5.75 Å². The van der Waals surface area contributed by atoms with Crippen LogP contribution >= 0.6 is 11.6 Å². The van der Waals surface area contributed by atoms with Gasteiger partial charge in [-0.2, -0.15) is 10.1 Å². The third-order valence-electron chi connectivity index (χ3n) is 4.84. The van der Waals surface area contributed by atoms with Crippen LogP contribution in [0.1, 0.15) is 29.2 Å². The van der Waals surface area contributed by atoms with E-state index < -0.39 is 6.04 Å². The molecule has 2 aromatic carbocycles. The molecule has 0 aliphatic carbocycles. The molecule has 9 heteroatoms. The van der Waals surface area contributed by atoms with Crippen LogP contribution in [0.3, 0.4) is 0 Å². The van der Waals surface area contributed by atoms with Crippen molar-refractivity contribution < 1.29 is 14.3 Å². The Balaban J connectivity index is 1.53. The van der Waals surface area contributed by atoms with Crippen molar-refractivity contribution >= 4 is 35.1 Å². The van der Waals surface area contributed by atoms with Crippen LogP contribution in [0.15, 0.2) is 42.7 Å². The van der Waals surface area contributed by atoms with Crippen molar-refractivity contribution in [1.29, 1.82) is 0 Å². The number of nitrogens with zero attached hydrogens (tertiary/aromatic N) is 3. The van der Waals surface area contributed by atoms with Gasteiger partial charge >= 0.3 is 0 Å². The number of hydrogen-bond acceptors (Lipinski definition) is 5. The third kappa shape index (κ3) is 4.13. The van der Waals surface area contributed by atoms with Crippen molar-refractivity contribution in [3.63, 3.8) is 0 Å². The second kappa shape index (κ2) is 8.16. The van der Waals surface area contributed by atoms with Crippen LogP contribution in [-0.4, -0.2) is 33.2 Å². The first-order valence-corrected chi connectivity index (χ1v) is 9.77. The number of rotatable bonds is 5. The van der Waals surface area contributed by atoms with Gasteiger partial charge in [0, 0.05) is 16.3 Å². The predicted octanol–water partition coefficient (Wildman–Crippen LogP) is 3.50. The molecule has 30 heavy (non-hydrogen) atoms. The predicted molar refractivity (Wildman–Crippen MR) is 113 cm³/mol. The fraction of sp³-hybridized carbons (Fsp3) is 0.238. The minimum atomic E-state index is -0.438. The summed E-state index contributed by atoms with van der Waals surface area (Å²) in [7, 11) is 0. The van der Waals surface area contributed by atoms with Crippen LogP contribution in [0.25, 0.3) is 0 Å². The van der Waals surface area contributed by atoms with E-state index in [1.165, 1.54) is 6.33 Å². The minimum absolute atomic E-state index is 0.155. The summed E-state index contributed by atoms with van der Waals surface area (Å²) in [5, 5.41) is 10.2. The zero-order valence-corrected chi connectivity index (χ0v) is 17.2. The number of aromatic nitrogens is 3. The lowest BCUT2D eigenvalue weighted by molar-refractivity contribution is -0.118. The Morgan fingerprint density at radius 2 is 2.13 bits per heavy atom. The number of hydrogen-bond donors (Lipinski definition) is 2. The van der Waals surface area contributed by atoms with Gasteiger partial charge in [0.05, 0.1) is 12.5 Å². The molecule has 0 radical (unpaired) electrons. The van der Waals surface area contributed by atoms with Crippen molar-refractivity contribution in [3.8, 4) is 5.75 Å². The van der Waals surface area contributed by atoms with E-state index in [2.05, 4.69) is 20.7 Å². The summed E-state index contributed by atoms with van der Waals surface area (Å²) in [6.07, 6.45) is 1.53. The molecule has 1 aromatic heterocycles. The van der Waals surface area contributed by atoms with Crippen molar-refractivity contribution in [2.75, 3.05) is 17.2 Å². The zero-order valence-electron chi connectivity index (χ0n) is 16.5. The standard InChI is InChI=1S/C21H20ClN5O3/c1-12-3-5-16(13(2)7-12)25-20(29)10-30-18-6-4-14(22)8-15(18)17-9-19(28)26-21-23-11-24-27(17)21/h3-8,11,17H,9-10H2,1-2H3,(H,25,29)(H,23,24,26,28). The Hall–Kier alpha value is -3.39. The molecule has 4 rings (SSSR count). The van der Waals surface area contributed by atoms with Gasteiger partial charge in [-0.15, -0.1) is 0 Å². The van der Waals surface area contributed by atoms with Gasteiger partial charge in [-0.1, -0.05) is 29.3 Å². The van der Waals surface area contributed by atoms with E-state index in [9.17, 15) is 9.59 Å². The van der Waals surface area contributed by atoms with Gasteiger partial charge in [-0.3, -0.25) is 14.9 Å². The Kier molecular flexibility index (Phi) is 5.41. The van der Waals surface area contributed by atoms with Crippen molar-refractivity contribution in [2.45, 2.75) is 26.3 Å². The zero-order chi connectivity index (χ0) is 21.3. The summed E-state index contributed by atoms with van der Waals surface area (Å²) in [5.41, 5.74) is 3.49. The monoisotopic (exact) mass is 425 g/mol. The molecule has 8 nitrogen and oxygen atoms in total. The molecule has 2 N–H and O–H groups in total. The van der Waals surface area contributed by atoms with Crippen molar-refractivity contribution in [2.24, 2.45) is 0 Å². The molecule has 0 fully saturated rings. The van der Waals surface area contributed by atoms with E-state index in [1.54, 1.807) is 22.9 Å². The van der Waals surface area contributed by atoms with E-state index in [-0.39, 0.29) is 24.8 Å². The minimum Gasteiger partial charge on any atom is -0.483 e. The lowest BCUT2D eigenvalue weighted by Gasteiger charge is -2.25. The van der Waals surface area contributed by atoms with Gasteiger partial charge in [0.2, 0.25) is 11.9 Å². The number of ether oxygens (including phenoxy) is 1. The highest BCUT2D eigenvalue weighted by Gasteiger charge is 2.30. The van der Waals surface area contributed by atoms with Gasteiger partial charge in [0.15, 0.2) is 6.61 Å². The first-order chi connectivity index (χ1) is 14.4. The Morgan fingerprint density at radius 1 is 1.30 bits per heavy atom. The van der Waals surface area contributed by atoms with Gasteiger partial charge in [0.1, 0.15) is 12.1 Å². The first-order valence-electron chi connectivity index (χ1n) is 9.39. The van der Waals surface area contributed by atoms with Crippen LogP contribution in [0, 0.1) is 13.8 Å². The summed E-state index contributed by atoms with van der Waals surface area (Å²) >= 11 is 6.19. The lowest BCUT2D eigenvalue weighted by Crippen LogP contribution is -2.30. The molecule has 0 bridgehead atoms. The Labute approximate surface area is 178 Å². The number of benzene rings is 2. The third-order valence-corrected chi connectivity index (χ3v) is 5.08. The quantitative estimate of drug-likeness (QED) is 0.652. The van der Waals surface area contributed by atoms with E-state index in [4.69, 9.17) is 16.3 Å². The summed E-state index contributed by atoms with van der Waals surface area (Å²) in [6, 6.07) is 10.4. The van der Waals surface area contributed by atoms with E-state index in [0.717, 1.165) is 16.8 Å². The fourth-order valence-electron chi connectivity index (χ4n) is 3.44. The first kappa shape index (κ1) is 19.9. The number of carbonyl (C=O) groups is 2. The molecule has 1 aliphatic heterocycles. The molecule has 0 saturated heterocycles. The maximum absolute atomic E-state index is 12.4. The largest absolute Gasteiger partial charge is 0.483 e. The molecule has 0 spiro atoms. The summed E-state index contributed by atoms with van der Waals surface area (Å²) in [4.78, 5) is 28.6. The van der Waals surface area contributed by atoms with Crippen molar-refractivity contribution in [3.05, 3.63) is 64.4 Å². The molecule has 2 heterocycles. The topological polar surface area (TPSA) is 98.1 Å². The summed E-state index contributed by atoms with van der Waals surface area (Å²) in [5.74, 6) is 0.343. The van der Waals surface area contributed by atoms with Crippen LogP contribution < -0.4 is 15.4 Å². The number of carbonyl (C=O) groups excluding carboxylic acids is 2. The summed E-state index contributed by atoms with van der Waals surface area (Å²) < 4.78 is 7.41. The smallest absolute Gasteiger partial charge is 0.262 e. The number of amides is 2. The molecule has 1 unspecified atom stereocenters. The Morgan fingerprint density at radius 3 is 2.93 bits per heavy atom. The molecule has 3 aromatic rings. The van der Waals surface area contributed by atoms with Gasteiger partial charge in [-0.05, 0) is 43.7 Å². The highest BCUT2D eigenvalue weighted by molar-refractivity contribution is 6.30. The number of nitrogens with one attached hydrogen (secondary N) is 2. The highest BCUT2D eigenvalue weighted by Crippen LogP contribution is 2.35. The van der Waals surface area contributed by atoms with Crippen LogP contribution in [0.4, 0.5) is 11.6 Å². The highest BCUT2D eigenvalue weighted by atomic mass is 35.5. The second-order valence-electron chi connectivity index (χ2n) is 7.13. The van der Waals surface area contributed by atoms with Crippen LogP contribution in [0.2, 0.25) is 5.02 Å². The molecule has 0 saturated carbocycles. The van der Waals surface area contributed by atoms with Gasteiger partial charge < -0.3 is 10.1 Å². The number of halogens is 1. The maximum atomic E-state index is 12.4. The Bertz CT molecular complexity index is 1130. The van der Waals surface area contributed by atoms with E-state index in [0.29, 0.717) is 22.3 Å². The fourth-order valence-corrected chi connectivity index (χ4v) is 3.62. The molecule has 1 aliphatic rings. The normalized spacial score (nSPS) is 15.3. The van der Waals surface area contributed by atoms with Crippen LogP contribution in [-0.2, 0) is 9.59 Å². The number of aryl methyl sites for hydroxylation is 2. The van der Waals surface area contributed by atoms with Gasteiger partial charge in [0.25, 0.3) is 5.91 Å². The van der Waals surface area contributed by atoms with Crippen molar-refractivity contribution in [1.82, 2.24) is 14.8 Å². The molecular weight excluding hydrogens is 406 g/mol. The molecule has 154 valence electrons. The molecule has 2 amide bonds. The lowest BCUT2D eigenvalue weighted by atomic mass is 10.0. The summed E-state index contributed by atoms with van der Waals surface area (Å²) in [6.45, 7) is 3.74. The maximum Gasteiger partial charge on any atom is 0.262 e. The van der Waals surface area contributed by atoms with E-state index in [1.807, 2.05) is 32.0 Å². The number of anilines is 2. The average molecular weight is 426 g/mol. The molecular formula is C21H20ClN5O3. The second-order valence-corrected chi connectivity index (χ2v) is 7.57. The van der Waals surface area contributed by atoms with Gasteiger partial charge in [-0.25, -0.2) is 4.68 Å². The molecule has 1 atom stereocenters. The number of fused-ring (bicyclic) bond motifs is 1. The SMILES string of the molecule is Cc1ccc(NC(=O)COc2ccc(Cl)cc2C2CC(=O)Nc3ncnn32)c(C)c1. The average Bonchev–Trinajstić information content (AvgIpc) is 3.17. The van der Waals surface area contributed by atoms with E-state index >= 15 is 0 Å².